The largest absolute Gasteiger partial charge is 0.307 e. The highest BCUT2D eigenvalue weighted by Crippen LogP contribution is 2.41. The molecule has 3 nitrogen and oxygen atoms in total. The van der Waals surface area contributed by atoms with Crippen LogP contribution in [0.5, 0.6) is 0 Å². The van der Waals surface area contributed by atoms with Gasteiger partial charge in [0.05, 0.1) is 5.33 Å². The molecule has 1 heterocycles. The summed E-state index contributed by atoms with van der Waals surface area (Å²) in [6.07, 6.45) is 2.48. The second-order valence-electron chi connectivity index (χ2n) is 6.47. The first-order valence-corrected chi connectivity index (χ1v) is 8.24. The van der Waals surface area contributed by atoms with E-state index >= 15 is 0 Å². The molecule has 0 N–H and O–H groups in total. The molecule has 0 amide bonds. The molecule has 106 valence electrons. The highest BCUT2D eigenvalue weighted by molar-refractivity contribution is 9.08. The average molecular weight is 334 g/mol. The summed E-state index contributed by atoms with van der Waals surface area (Å²) >= 11 is 3.52. The van der Waals surface area contributed by atoms with Gasteiger partial charge in [-0.15, -0.1) is 10.2 Å². The maximum Gasteiger partial charge on any atom is 0.164 e. The number of nitrogens with zero attached hydrogens (tertiary/aromatic N) is 3. The quantitative estimate of drug-likeness (QED) is 0.775. The van der Waals surface area contributed by atoms with Crippen molar-refractivity contribution >= 4 is 15.9 Å². The van der Waals surface area contributed by atoms with Crippen molar-refractivity contribution in [3.05, 3.63) is 35.7 Å². The first-order valence-electron chi connectivity index (χ1n) is 7.12. The Kier molecular flexibility index (Phi) is 3.44. The lowest BCUT2D eigenvalue weighted by atomic mass is 9.83. The Morgan fingerprint density at radius 3 is 2.50 bits per heavy atom. The number of hydrogen-bond donors (Lipinski definition) is 0. The fourth-order valence-electron chi connectivity index (χ4n) is 2.65. The molecule has 20 heavy (non-hydrogen) atoms. The van der Waals surface area contributed by atoms with E-state index in [0.29, 0.717) is 6.04 Å². The zero-order valence-corrected chi connectivity index (χ0v) is 13.8. The third-order valence-electron chi connectivity index (χ3n) is 3.77. The van der Waals surface area contributed by atoms with E-state index in [2.05, 4.69) is 75.7 Å². The standard InChI is InChI=1S/C16H20BrN3/c1-16(2,3)13-7-5-4-6-12(13)15-19-18-14(10-17)20(15)11-8-9-11/h4-7,11H,8-10H2,1-3H3. The van der Waals surface area contributed by atoms with Crippen LogP contribution in [0.3, 0.4) is 0 Å². The van der Waals surface area contributed by atoms with Crippen molar-refractivity contribution in [2.75, 3.05) is 0 Å². The number of alkyl halides is 1. The van der Waals surface area contributed by atoms with Gasteiger partial charge in [-0.25, -0.2) is 0 Å². The van der Waals surface area contributed by atoms with Gasteiger partial charge in [0.25, 0.3) is 0 Å². The minimum Gasteiger partial charge on any atom is -0.307 e. The van der Waals surface area contributed by atoms with Crippen LogP contribution in [0.15, 0.2) is 24.3 Å². The first-order chi connectivity index (χ1) is 9.52. The Morgan fingerprint density at radius 1 is 1.20 bits per heavy atom. The zero-order valence-electron chi connectivity index (χ0n) is 12.2. The van der Waals surface area contributed by atoms with E-state index in [1.807, 2.05) is 0 Å². The lowest BCUT2D eigenvalue weighted by Gasteiger charge is -2.22. The topological polar surface area (TPSA) is 30.7 Å². The molecule has 3 rings (SSSR count). The van der Waals surface area contributed by atoms with Crippen LogP contribution in [0, 0.1) is 0 Å². The molecule has 0 unspecified atom stereocenters. The molecule has 1 aromatic heterocycles. The zero-order chi connectivity index (χ0) is 14.3. The van der Waals surface area contributed by atoms with Crippen LogP contribution >= 0.6 is 15.9 Å². The number of rotatable bonds is 3. The van der Waals surface area contributed by atoms with E-state index in [4.69, 9.17) is 0 Å². The van der Waals surface area contributed by atoms with Crippen LogP contribution in [0.1, 0.15) is 51.0 Å². The van der Waals surface area contributed by atoms with Crippen molar-refractivity contribution in [3.63, 3.8) is 0 Å². The number of halogens is 1. The van der Waals surface area contributed by atoms with Gasteiger partial charge in [-0.1, -0.05) is 61.0 Å². The van der Waals surface area contributed by atoms with Crippen molar-refractivity contribution in [3.8, 4) is 11.4 Å². The predicted octanol–water partition coefficient (Wildman–Crippen LogP) is 4.47. The van der Waals surface area contributed by atoms with Gasteiger partial charge >= 0.3 is 0 Å². The highest BCUT2D eigenvalue weighted by atomic mass is 79.9. The summed E-state index contributed by atoms with van der Waals surface area (Å²) in [7, 11) is 0. The lowest BCUT2D eigenvalue weighted by Crippen LogP contribution is -2.14. The molecule has 4 heteroatoms. The van der Waals surface area contributed by atoms with Crippen LogP contribution in [-0.2, 0) is 10.7 Å². The molecule has 0 bridgehead atoms. The molecule has 1 fully saturated rings. The van der Waals surface area contributed by atoms with Crippen molar-refractivity contribution in [1.82, 2.24) is 14.8 Å². The molecule has 1 aliphatic carbocycles. The van der Waals surface area contributed by atoms with Crippen molar-refractivity contribution in [2.45, 2.75) is 50.4 Å². The lowest BCUT2D eigenvalue weighted by molar-refractivity contribution is 0.590. The van der Waals surface area contributed by atoms with Gasteiger partial charge in [-0.2, -0.15) is 0 Å². The summed E-state index contributed by atoms with van der Waals surface area (Å²) < 4.78 is 2.32. The van der Waals surface area contributed by atoms with Gasteiger partial charge in [0.1, 0.15) is 5.82 Å². The van der Waals surface area contributed by atoms with E-state index in [-0.39, 0.29) is 5.41 Å². The van der Waals surface area contributed by atoms with Gasteiger partial charge in [0.15, 0.2) is 5.82 Å². The Labute approximate surface area is 128 Å². The molecule has 1 saturated carbocycles. The maximum absolute atomic E-state index is 4.48. The van der Waals surface area contributed by atoms with E-state index in [1.54, 1.807) is 0 Å². The molecule has 0 saturated heterocycles. The molecular weight excluding hydrogens is 314 g/mol. The third-order valence-corrected chi connectivity index (χ3v) is 4.28. The molecule has 1 aromatic carbocycles. The van der Waals surface area contributed by atoms with Crippen LogP contribution in [-0.4, -0.2) is 14.8 Å². The summed E-state index contributed by atoms with van der Waals surface area (Å²) in [6, 6.07) is 9.15. The second kappa shape index (κ2) is 4.99. The van der Waals surface area contributed by atoms with Crippen LogP contribution in [0.4, 0.5) is 0 Å². The fourth-order valence-corrected chi connectivity index (χ4v) is 3.03. The summed E-state index contributed by atoms with van der Waals surface area (Å²) in [5.74, 6) is 2.05. The molecule has 0 radical (unpaired) electrons. The number of benzene rings is 1. The SMILES string of the molecule is CC(C)(C)c1ccccc1-c1nnc(CBr)n1C1CC1. The minimum absolute atomic E-state index is 0.103. The summed E-state index contributed by atoms with van der Waals surface area (Å²) in [6.45, 7) is 6.74. The van der Waals surface area contributed by atoms with Crippen LogP contribution in [0.25, 0.3) is 11.4 Å². The Balaban J connectivity index is 2.17. The third kappa shape index (κ3) is 2.41. The summed E-state index contributed by atoms with van der Waals surface area (Å²) in [4.78, 5) is 0. The smallest absolute Gasteiger partial charge is 0.164 e. The highest BCUT2D eigenvalue weighted by Gasteiger charge is 2.31. The van der Waals surface area contributed by atoms with E-state index < -0.39 is 0 Å². The first kappa shape index (κ1) is 13.8. The molecular formula is C16H20BrN3. The second-order valence-corrected chi connectivity index (χ2v) is 7.03. The number of hydrogen-bond acceptors (Lipinski definition) is 2. The van der Waals surface area contributed by atoms with Crippen LogP contribution < -0.4 is 0 Å². The van der Waals surface area contributed by atoms with Crippen LogP contribution in [0.2, 0.25) is 0 Å². The molecule has 0 aliphatic heterocycles. The van der Waals surface area contributed by atoms with Gasteiger partial charge in [0, 0.05) is 11.6 Å². The van der Waals surface area contributed by atoms with Gasteiger partial charge in [-0.05, 0) is 23.8 Å². The Morgan fingerprint density at radius 2 is 1.90 bits per heavy atom. The summed E-state index contributed by atoms with van der Waals surface area (Å²) in [5.41, 5.74) is 2.65. The molecule has 0 spiro atoms. The van der Waals surface area contributed by atoms with Gasteiger partial charge < -0.3 is 4.57 Å². The molecule has 2 aromatic rings. The maximum atomic E-state index is 4.48. The summed E-state index contributed by atoms with van der Waals surface area (Å²) in [5, 5.41) is 9.60. The van der Waals surface area contributed by atoms with Gasteiger partial charge in [-0.3, -0.25) is 0 Å². The average Bonchev–Trinajstić information content (AvgIpc) is 3.16. The van der Waals surface area contributed by atoms with E-state index in [1.165, 1.54) is 24.0 Å². The van der Waals surface area contributed by atoms with Crippen molar-refractivity contribution in [2.24, 2.45) is 0 Å². The monoisotopic (exact) mass is 333 g/mol. The predicted molar refractivity (Wildman–Crippen MR) is 85.1 cm³/mol. The minimum atomic E-state index is 0.103. The van der Waals surface area contributed by atoms with Crippen molar-refractivity contribution < 1.29 is 0 Å². The van der Waals surface area contributed by atoms with E-state index in [9.17, 15) is 0 Å². The number of aromatic nitrogens is 3. The molecule has 1 aliphatic rings. The fraction of sp³-hybridized carbons (Fsp3) is 0.500. The Bertz CT molecular complexity index is 621. The normalized spacial score (nSPS) is 15.6. The Hall–Kier alpha value is -1.16. The van der Waals surface area contributed by atoms with Crippen molar-refractivity contribution in [1.29, 1.82) is 0 Å². The van der Waals surface area contributed by atoms with Gasteiger partial charge in [0.2, 0.25) is 0 Å². The molecule has 0 atom stereocenters. The van der Waals surface area contributed by atoms with E-state index in [0.717, 1.165) is 17.0 Å².